The van der Waals surface area contributed by atoms with Crippen LogP contribution in [0.3, 0.4) is 0 Å². The minimum atomic E-state index is -4.03. The van der Waals surface area contributed by atoms with Crippen LogP contribution < -0.4 is 29.6 Å². The monoisotopic (exact) mass is 172 g/mol. The molecule has 0 amide bonds. The van der Waals surface area contributed by atoms with Crippen molar-refractivity contribution in [2.45, 2.75) is 13.3 Å². The van der Waals surface area contributed by atoms with Gasteiger partial charge in [0, 0.05) is 0 Å². The van der Waals surface area contributed by atoms with Crippen LogP contribution in [0.4, 0.5) is 0 Å². The van der Waals surface area contributed by atoms with E-state index >= 15 is 0 Å². The van der Waals surface area contributed by atoms with Crippen molar-refractivity contribution in [3.63, 3.8) is 0 Å². The first-order chi connectivity index (χ1) is 4.06. The zero-order valence-corrected chi connectivity index (χ0v) is 9.02. The molecule has 0 fully saturated rings. The van der Waals surface area contributed by atoms with E-state index in [0.717, 1.165) is 6.42 Å². The van der Waals surface area contributed by atoms with Gasteiger partial charge in [0.15, 0.2) is 0 Å². The molecule has 0 aliphatic rings. The summed E-state index contributed by atoms with van der Waals surface area (Å²) in [6.07, 6.45) is 3.77. The van der Waals surface area contributed by atoms with Crippen molar-refractivity contribution >= 4 is 10.1 Å². The summed E-state index contributed by atoms with van der Waals surface area (Å²) in [5.74, 6) is -0.388. The van der Waals surface area contributed by atoms with Crippen LogP contribution in [0.1, 0.15) is 13.3 Å². The van der Waals surface area contributed by atoms with E-state index in [2.05, 4.69) is 0 Å². The summed E-state index contributed by atoms with van der Waals surface area (Å²) in [6.45, 7) is 1.87. The molecule has 5 heteroatoms. The minimum Gasteiger partial charge on any atom is -0.748 e. The summed E-state index contributed by atoms with van der Waals surface area (Å²) >= 11 is 0. The average Bonchev–Trinajstić information content (AvgIpc) is 1.63. The van der Waals surface area contributed by atoms with Crippen LogP contribution in [0.25, 0.3) is 0 Å². The Balaban J connectivity index is 0. The topological polar surface area (TPSA) is 57.2 Å². The van der Waals surface area contributed by atoms with Crippen LogP contribution in [-0.4, -0.2) is 18.7 Å². The van der Waals surface area contributed by atoms with Crippen molar-refractivity contribution in [2.24, 2.45) is 0 Å². The number of allylic oxidation sites excluding steroid dienone is 1. The summed E-state index contributed by atoms with van der Waals surface area (Å²) in [7, 11) is -4.03. The van der Waals surface area contributed by atoms with Gasteiger partial charge in [-0.3, -0.25) is 0 Å². The third-order valence-corrected chi connectivity index (χ3v) is 1.30. The van der Waals surface area contributed by atoms with Crippen molar-refractivity contribution in [3.8, 4) is 0 Å². The van der Waals surface area contributed by atoms with Gasteiger partial charge >= 0.3 is 29.6 Å². The largest absolute Gasteiger partial charge is 1.00 e. The molecule has 0 unspecified atom stereocenters. The molecule has 0 aromatic carbocycles. The number of hydrogen-bond acceptors (Lipinski definition) is 3. The molecule has 0 aromatic heterocycles. The zero-order chi connectivity index (χ0) is 7.33. The number of hydrogen-bond donors (Lipinski definition) is 0. The Morgan fingerprint density at radius 1 is 1.40 bits per heavy atom. The number of rotatable bonds is 3. The van der Waals surface area contributed by atoms with Crippen molar-refractivity contribution < 1.29 is 42.5 Å². The summed E-state index contributed by atoms with van der Waals surface area (Å²) in [5, 5.41) is 0. The van der Waals surface area contributed by atoms with Crippen LogP contribution in [0.15, 0.2) is 12.2 Å². The molecule has 3 nitrogen and oxygen atoms in total. The fourth-order valence-electron chi connectivity index (χ4n) is 0.353. The molecule has 0 atom stereocenters. The zero-order valence-electron chi connectivity index (χ0n) is 6.20. The molecular weight excluding hydrogens is 163 g/mol. The van der Waals surface area contributed by atoms with Gasteiger partial charge in [0.25, 0.3) is 0 Å². The predicted molar refractivity (Wildman–Crippen MR) is 34.0 cm³/mol. The SMILES string of the molecule is CCC=CCS(=O)(=O)[O-].[Na+]. The van der Waals surface area contributed by atoms with Gasteiger partial charge in [-0.05, 0) is 6.42 Å². The maximum Gasteiger partial charge on any atom is 1.00 e. The van der Waals surface area contributed by atoms with Gasteiger partial charge in [0.1, 0.15) is 0 Å². The molecule has 0 saturated carbocycles. The molecule has 0 rings (SSSR count). The predicted octanol–water partition coefficient (Wildman–Crippen LogP) is -2.50. The maximum atomic E-state index is 9.90. The first-order valence-corrected chi connectivity index (χ1v) is 4.22. The second kappa shape index (κ2) is 6.37. The Kier molecular flexibility index (Phi) is 8.44. The average molecular weight is 172 g/mol. The third kappa shape index (κ3) is 11.4. The van der Waals surface area contributed by atoms with Crippen LogP contribution in [0, 0.1) is 0 Å². The molecule has 0 aromatic rings. The fraction of sp³-hybridized carbons (Fsp3) is 0.600. The Morgan fingerprint density at radius 2 is 1.90 bits per heavy atom. The second-order valence-electron chi connectivity index (χ2n) is 1.60. The smallest absolute Gasteiger partial charge is 0.748 e. The van der Waals surface area contributed by atoms with Gasteiger partial charge in [-0.25, -0.2) is 8.42 Å². The Morgan fingerprint density at radius 3 is 2.20 bits per heavy atom. The van der Waals surface area contributed by atoms with E-state index in [1.54, 1.807) is 6.08 Å². The van der Waals surface area contributed by atoms with Crippen molar-refractivity contribution in [1.29, 1.82) is 0 Å². The van der Waals surface area contributed by atoms with Gasteiger partial charge in [-0.2, -0.15) is 0 Å². The van der Waals surface area contributed by atoms with E-state index in [9.17, 15) is 13.0 Å². The Hall–Kier alpha value is 0.650. The second-order valence-corrected chi connectivity index (χ2v) is 3.05. The van der Waals surface area contributed by atoms with Gasteiger partial charge < -0.3 is 4.55 Å². The minimum absolute atomic E-state index is 0. The van der Waals surface area contributed by atoms with Gasteiger partial charge in [-0.15, -0.1) is 0 Å². The van der Waals surface area contributed by atoms with Crippen molar-refractivity contribution in [1.82, 2.24) is 0 Å². The van der Waals surface area contributed by atoms with Crippen LogP contribution >= 0.6 is 0 Å². The third-order valence-electron chi connectivity index (χ3n) is 0.703. The summed E-state index contributed by atoms with van der Waals surface area (Å²) in [5.41, 5.74) is 0. The van der Waals surface area contributed by atoms with E-state index < -0.39 is 10.1 Å². The van der Waals surface area contributed by atoms with E-state index in [4.69, 9.17) is 0 Å². The van der Waals surface area contributed by atoms with Crippen LogP contribution in [0.5, 0.6) is 0 Å². The molecule has 0 spiro atoms. The fourth-order valence-corrected chi connectivity index (χ4v) is 0.724. The molecule has 0 heterocycles. The Bertz CT molecular complexity index is 183. The summed E-state index contributed by atoms with van der Waals surface area (Å²) < 4.78 is 29.7. The molecule has 0 bridgehead atoms. The normalized spacial score (nSPS) is 11.4. The van der Waals surface area contributed by atoms with Crippen molar-refractivity contribution in [3.05, 3.63) is 12.2 Å². The first-order valence-electron chi connectivity index (χ1n) is 2.65. The Labute approximate surface area is 83.6 Å². The van der Waals surface area contributed by atoms with Gasteiger partial charge in [0.2, 0.25) is 0 Å². The molecule has 54 valence electrons. The van der Waals surface area contributed by atoms with Crippen molar-refractivity contribution in [2.75, 3.05) is 5.75 Å². The van der Waals surface area contributed by atoms with E-state index in [1.807, 2.05) is 6.92 Å². The molecule has 0 radical (unpaired) electrons. The molecule has 0 aliphatic carbocycles. The maximum absolute atomic E-state index is 9.90. The molecule has 0 aliphatic heterocycles. The molecular formula is C5H9NaO3S. The molecule has 0 saturated heterocycles. The standard InChI is InChI=1S/C5H10O3S.Na/c1-2-3-4-5-9(6,7)8;/h3-4H,2,5H2,1H3,(H,6,7,8);/q;+1/p-1. The first kappa shape index (κ1) is 13.3. The molecule has 0 N–H and O–H groups in total. The van der Waals surface area contributed by atoms with E-state index in [0.29, 0.717) is 0 Å². The molecule has 10 heavy (non-hydrogen) atoms. The van der Waals surface area contributed by atoms with Gasteiger partial charge in [0.05, 0.1) is 15.9 Å². The van der Waals surface area contributed by atoms with E-state index in [-0.39, 0.29) is 35.3 Å². The summed E-state index contributed by atoms with van der Waals surface area (Å²) in [4.78, 5) is 0. The summed E-state index contributed by atoms with van der Waals surface area (Å²) in [6, 6.07) is 0. The van der Waals surface area contributed by atoms with Gasteiger partial charge in [-0.1, -0.05) is 19.1 Å². The van der Waals surface area contributed by atoms with Crippen LogP contribution in [-0.2, 0) is 10.1 Å². The van der Waals surface area contributed by atoms with E-state index in [1.165, 1.54) is 6.08 Å². The van der Waals surface area contributed by atoms with Crippen LogP contribution in [0.2, 0.25) is 0 Å². The quantitative estimate of drug-likeness (QED) is 0.269.